The molecule has 1 aliphatic heterocycles. The second kappa shape index (κ2) is 3.09. The summed E-state index contributed by atoms with van der Waals surface area (Å²) in [5.74, 6) is 0. The highest BCUT2D eigenvalue weighted by atomic mass is 16.6. The summed E-state index contributed by atoms with van der Waals surface area (Å²) in [5, 5.41) is 9.24. The average molecular weight is 160 g/mol. The Hall–Kier alpha value is -0.120. The second-order valence-electron chi connectivity index (χ2n) is 3.46. The van der Waals surface area contributed by atoms with Crippen molar-refractivity contribution in [2.45, 2.75) is 44.7 Å². The zero-order valence-corrected chi connectivity index (χ0v) is 7.33. The molecule has 3 nitrogen and oxygen atoms in total. The molecule has 11 heavy (non-hydrogen) atoms. The molecule has 0 radical (unpaired) electrons. The number of hydrogen-bond donors (Lipinski definition) is 1. The Bertz CT molecular complexity index is 125. The van der Waals surface area contributed by atoms with Crippen LogP contribution in [-0.4, -0.2) is 30.2 Å². The Balaban J connectivity index is 2.55. The smallest absolute Gasteiger partial charge is 0.157 e. The molecule has 3 atom stereocenters. The van der Waals surface area contributed by atoms with Crippen LogP contribution in [0.2, 0.25) is 0 Å². The van der Waals surface area contributed by atoms with Crippen LogP contribution in [0.1, 0.15) is 26.7 Å². The summed E-state index contributed by atoms with van der Waals surface area (Å²) in [5.41, 5.74) is -0.211. The van der Waals surface area contributed by atoms with Gasteiger partial charge in [0, 0.05) is 20.0 Å². The van der Waals surface area contributed by atoms with E-state index in [4.69, 9.17) is 9.47 Å². The van der Waals surface area contributed by atoms with Crippen molar-refractivity contribution in [3.63, 3.8) is 0 Å². The van der Waals surface area contributed by atoms with Crippen LogP contribution in [0.5, 0.6) is 0 Å². The molecular weight excluding hydrogens is 144 g/mol. The van der Waals surface area contributed by atoms with E-state index in [2.05, 4.69) is 0 Å². The number of aliphatic hydroxyl groups is 1. The summed E-state index contributed by atoms with van der Waals surface area (Å²) in [7, 11) is 1.67. The summed E-state index contributed by atoms with van der Waals surface area (Å²) in [6.07, 6.45) is 0.835. The largest absolute Gasteiger partial charge is 0.378 e. The van der Waals surface area contributed by atoms with Crippen molar-refractivity contribution in [1.29, 1.82) is 0 Å². The van der Waals surface area contributed by atoms with E-state index in [0.717, 1.165) is 6.42 Å². The zero-order chi connectivity index (χ0) is 8.48. The molecule has 0 bridgehead atoms. The lowest BCUT2D eigenvalue weighted by atomic mass is 9.92. The number of ether oxygens (including phenoxy) is 2. The third kappa shape index (κ3) is 2.15. The van der Waals surface area contributed by atoms with Gasteiger partial charge >= 0.3 is 0 Å². The summed E-state index contributed by atoms with van der Waals surface area (Å²) >= 11 is 0. The lowest BCUT2D eigenvalue weighted by Gasteiger charge is -2.38. The highest BCUT2D eigenvalue weighted by Crippen LogP contribution is 2.29. The predicted octanol–water partition coefficient (Wildman–Crippen LogP) is 0.909. The molecule has 1 heterocycles. The van der Waals surface area contributed by atoms with Gasteiger partial charge in [-0.3, -0.25) is 0 Å². The summed E-state index contributed by atoms with van der Waals surface area (Å²) in [4.78, 5) is 0. The molecule has 1 fully saturated rings. The quantitative estimate of drug-likeness (QED) is 0.619. The van der Waals surface area contributed by atoms with Gasteiger partial charge in [-0.05, 0) is 13.8 Å². The fraction of sp³-hybridized carbons (Fsp3) is 1.00. The molecule has 0 aliphatic carbocycles. The zero-order valence-electron chi connectivity index (χ0n) is 7.33. The molecule has 0 aromatic carbocycles. The van der Waals surface area contributed by atoms with Gasteiger partial charge in [-0.25, -0.2) is 0 Å². The molecule has 1 saturated heterocycles. The van der Waals surface area contributed by atoms with Gasteiger partial charge in [-0.1, -0.05) is 0 Å². The van der Waals surface area contributed by atoms with E-state index in [1.165, 1.54) is 0 Å². The van der Waals surface area contributed by atoms with Crippen molar-refractivity contribution in [3.05, 3.63) is 0 Å². The first kappa shape index (κ1) is 8.97. The van der Waals surface area contributed by atoms with Crippen LogP contribution >= 0.6 is 0 Å². The van der Waals surface area contributed by atoms with Gasteiger partial charge in [-0.2, -0.15) is 0 Å². The third-order valence-corrected chi connectivity index (χ3v) is 2.21. The van der Waals surface area contributed by atoms with E-state index in [-0.39, 0.29) is 11.7 Å². The number of rotatable bonds is 1. The Morgan fingerprint density at radius 1 is 1.55 bits per heavy atom. The maximum absolute atomic E-state index is 9.24. The van der Waals surface area contributed by atoms with Crippen molar-refractivity contribution in [2.75, 3.05) is 7.11 Å². The van der Waals surface area contributed by atoms with Crippen LogP contribution in [0.3, 0.4) is 0 Å². The molecule has 1 aliphatic rings. The van der Waals surface area contributed by atoms with Crippen molar-refractivity contribution in [1.82, 2.24) is 0 Å². The summed E-state index contributed by atoms with van der Waals surface area (Å²) in [6.45, 7) is 3.94. The fourth-order valence-electron chi connectivity index (χ4n) is 1.59. The second-order valence-corrected chi connectivity index (χ2v) is 3.46. The van der Waals surface area contributed by atoms with Crippen molar-refractivity contribution in [2.24, 2.45) is 0 Å². The van der Waals surface area contributed by atoms with Crippen molar-refractivity contribution >= 4 is 0 Å². The Morgan fingerprint density at radius 2 is 2.18 bits per heavy atom. The lowest BCUT2D eigenvalue weighted by Crippen LogP contribution is -2.43. The van der Waals surface area contributed by atoms with Crippen LogP contribution in [0.25, 0.3) is 0 Å². The molecule has 0 spiro atoms. The van der Waals surface area contributed by atoms with E-state index in [1.54, 1.807) is 7.11 Å². The van der Waals surface area contributed by atoms with Gasteiger partial charge < -0.3 is 14.6 Å². The van der Waals surface area contributed by atoms with Crippen LogP contribution in [0.15, 0.2) is 0 Å². The van der Waals surface area contributed by atoms with Gasteiger partial charge in [0.1, 0.15) is 0 Å². The van der Waals surface area contributed by atoms with Gasteiger partial charge in [0.25, 0.3) is 0 Å². The molecule has 1 rings (SSSR count). The topological polar surface area (TPSA) is 38.7 Å². The van der Waals surface area contributed by atoms with Crippen LogP contribution in [0.4, 0.5) is 0 Å². The van der Waals surface area contributed by atoms with Crippen molar-refractivity contribution in [3.8, 4) is 0 Å². The summed E-state index contributed by atoms with van der Waals surface area (Å²) in [6, 6.07) is 0. The van der Waals surface area contributed by atoms with Crippen LogP contribution in [0, 0.1) is 0 Å². The van der Waals surface area contributed by atoms with Gasteiger partial charge in [0.15, 0.2) is 6.29 Å². The highest BCUT2D eigenvalue weighted by Gasteiger charge is 2.35. The van der Waals surface area contributed by atoms with E-state index in [1.807, 2.05) is 13.8 Å². The first-order valence-corrected chi connectivity index (χ1v) is 3.94. The fourth-order valence-corrected chi connectivity index (χ4v) is 1.59. The first-order chi connectivity index (χ1) is 5.06. The van der Waals surface area contributed by atoms with Gasteiger partial charge in [0.2, 0.25) is 0 Å². The minimum Gasteiger partial charge on any atom is -0.378 e. The lowest BCUT2D eigenvalue weighted by molar-refractivity contribution is -0.215. The molecule has 3 heteroatoms. The molecule has 1 unspecified atom stereocenters. The van der Waals surface area contributed by atoms with Crippen molar-refractivity contribution < 1.29 is 14.6 Å². The van der Waals surface area contributed by atoms with Crippen LogP contribution < -0.4 is 0 Å². The molecule has 1 N–H and O–H groups in total. The number of hydrogen-bond acceptors (Lipinski definition) is 3. The molecule has 0 aromatic rings. The van der Waals surface area contributed by atoms with E-state index in [0.29, 0.717) is 6.42 Å². The van der Waals surface area contributed by atoms with E-state index < -0.39 is 6.29 Å². The number of aliphatic hydroxyl groups excluding tert-OH is 1. The third-order valence-electron chi connectivity index (χ3n) is 2.21. The Kier molecular flexibility index (Phi) is 2.52. The van der Waals surface area contributed by atoms with Gasteiger partial charge in [-0.15, -0.1) is 0 Å². The molecule has 66 valence electrons. The van der Waals surface area contributed by atoms with E-state index >= 15 is 0 Å². The van der Waals surface area contributed by atoms with Crippen LogP contribution in [-0.2, 0) is 9.47 Å². The molecule has 0 saturated carbocycles. The number of methoxy groups -OCH3 is 1. The van der Waals surface area contributed by atoms with E-state index in [9.17, 15) is 5.11 Å². The maximum Gasteiger partial charge on any atom is 0.157 e. The monoisotopic (exact) mass is 160 g/mol. The summed E-state index contributed by atoms with van der Waals surface area (Å²) < 4.78 is 10.4. The normalized spacial score (nSPS) is 45.8. The minimum atomic E-state index is -0.663. The molecular formula is C8H16O3. The first-order valence-electron chi connectivity index (χ1n) is 3.94. The minimum absolute atomic E-state index is 0.0868. The molecule has 0 amide bonds. The van der Waals surface area contributed by atoms with Gasteiger partial charge in [0.05, 0.1) is 11.7 Å². The SMILES string of the molecule is CO[C@@]1(C)CC(C)O[C@@H](O)C1. The Labute approximate surface area is 67.3 Å². The molecule has 0 aromatic heterocycles. The standard InChI is InChI=1S/C8H16O3/c1-6-4-8(2,10-3)5-7(9)11-6/h6-7,9H,4-5H2,1-3H3/t6?,7-,8+/m1/s1. The maximum atomic E-state index is 9.24. The average Bonchev–Trinajstić information content (AvgIpc) is 1.84. The predicted molar refractivity (Wildman–Crippen MR) is 41.2 cm³/mol. The Morgan fingerprint density at radius 3 is 2.64 bits per heavy atom. The highest BCUT2D eigenvalue weighted by molar-refractivity contribution is 4.82.